The third-order valence-corrected chi connectivity index (χ3v) is 3.46. The summed E-state index contributed by atoms with van der Waals surface area (Å²) in [4.78, 5) is 33.4. The number of nitro benzene ring substituents is 1. The highest BCUT2D eigenvalue weighted by Crippen LogP contribution is 2.12. The van der Waals surface area contributed by atoms with Gasteiger partial charge in [0, 0.05) is 18.7 Å². The molecule has 0 aliphatic heterocycles. The molecule has 0 radical (unpaired) electrons. The number of carbonyl (C=O) groups is 2. The van der Waals surface area contributed by atoms with Crippen molar-refractivity contribution < 1.29 is 19.2 Å². The van der Waals surface area contributed by atoms with Gasteiger partial charge in [-0.05, 0) is 30.5 Å². The normalized spacial score (nSPS) is 10.1. The third-order valence-electron chi connectivity index (χ3n) is 3.46. The Morgan fingerprint density at radius 2 is 1.72 bits per heavy atom. The van der Waals surface area contributed by atoms with E-state index in [4.69, 9.17) is 4.74 Å². The average Bonchev–Trinajstić information content (AvgIpc) is 2.64. The Bertz CT molecular complexity index is 729. The van der Waals surface area contributed by atoms with Crippen LogP contribution < -0.4 is 5.32 Å². The summed E-state index contributed by atoms with van der Waals surface area (Å²) in [6.45, 7) is 0.101. The summed E-state index contributed by atoms with van der Waals surface area (Å²) in [7, 11) is 0. The molecule has 0 aromatic heterocycles. The van der Waals surface area contributed by atoms with Crippen LogP contribution in [-0.4, -0.2) is 30.0 Å². The van der Waals surface area contributed by atoms with Gasteiger partial charge in [-0.3, -0.25) is 14.9 Å². The number of carbonyl (C=O) groups excluding carboxylic acids is 2. The minimum absolute atomic E-state index is 0.118. The minimum atomic E-state index is -0.700. The summed E-state index contributed by atoms with van der Waals surface area (Å²) >= 11 is 0. The van der Waals surface area contributed by atoms with E-state index >= 15 is 0 Å². The first-order valence-electron chi connectivity index (χ1n) is 7.78. The molecule has 0 saturated carbocycles. The maximum atomic E-state index is 11.8. The number of nitrogens with one attached hydrogen (secondary N) is 1. The molecule has 25 heavy (non-hydrogen) atoms. The van der Waals surface area contributed by atoms with Crippen molar-refractivity contribution in [3.63, 3.8) is 0 Å². The fraction of sp³-hybridized carbons (Fsp3) is 0.222. The zero-order chi connectivity index (χ0) is 18.1. The molecule has 0 spiro atoms. The van der Waals surface area contributed by atoms with Crippen LogP contribution in [0.2, 0.25) is 0 Å². The second kappa shape index (κ2) is 9.17. The third kappa shape index (κ3) is 6.06. The number of hydrogen-bond acceptors (Lipinski definition) is 5. The second-order valence-electron chi connectivity index (χ2n) is 5.32. The first-order chi connectivity index (χ1) is 12.1. The van der Waals surface area contributed by atoms with Gasteiger partial charge in [0.15, 0.2) is 6.61 Å². The first kappa shape index (κ1) is 18.1. The number of non-ortho nitro benzene ring substituents is 1. The van der Waals surface area contributed by atoms with Crippen molar-refractivity contribution in [3.8, 4) is 0 Å². The Morgan fingerprint density at radius 3 is 2.36 bits per heavy atom. The van der Waals surface area contributed by atoms with Crippen molar-refractivity contribution in [1.82, 2.24) is 5.32 Å². The monoisotopic (exact) mass is 342 g/mol. The van der Waals surface area contributed by atoms with Crippen LogP contribution >= 0.6 is 0 Å². The summed E-state index contributed by atoms with van der Waals surface area (Å²) < 4.78 is 4.88. The van der Waals surface area contributed by atoms with Gasteiger partial charge in [0.25, 0.3) is 11.6 Å². The number of hydrogen-bond donors (Lipinski definition) is 1. The number of benzene rings is 2. The van der Waals surface area contributed by atoms with Gasteiger partial charge in [0.2, 0.25) is 0 Å². The van der Waals surface area contributed by atoms with E-state index in [0.717, 1.165) is 12.8 Å². The Kier molecular flexibility index (Phi) is 6.65. The van der Waals surface area contributed by atoms with Crippen molar-refractivity contribution in [2.24, 2.45) is 0 Å². The number of nitro groups is 1. The molecular weight excluding hydrogens is 324 g/mol. The standard InChI is InChI=1S/C18H18N2O5/c21-17(19-12-4-7-14-5-2-1-3-6-14)13-25-18(22)15-8-10-16(11-9-15)20(23)24/h1-3,5-6,8-11H,4,7,12-13H2,(H,19,21). The first-order valence-corrected chi connectivity index (χ1v) is 7.78. The molecule has 2 aromatic carbocycles. The molecule has 0 atom stereocenters. The van der Waals surface area contributed by atoms with E-state index in [9.17, 15) is 19.7 Å². The number of nitrogens with zero attached hydrogens (tertiary/aromatic N) is 1. The average molecular weight is 342 g/mol. The highest BCUT2D eigenvalue weighted by atomic mass is 16.6. The molecule has 0 heterocycles. The van der Waals surface area contributed by atoms with E-state index in [2.05, 4.69) is 5.32 Å². The number of aryl methyl sites for hydroxylation is 1. The van der Waals surface area contributed by atoms with Crippen LogP contribution in [0.4, 0.5) is 5.69 Å². The molecule has 0 saturated heterocycles. The fourth-order valence-electron chi connectivity index (χ4n) is 2.15. The molecule has 1 N–H and O–H groups in total. The van der Waals surface area contributed by atoms with Crippen LogP contribution in [-0.2, 0) is 16.0 Å². The van der Waals surface area contributed by atoms with E-state index in [0.29, 0.717) is 6.54 Å². The van der Waals surface area contributed by atoms with E-state index in [1.807, 2.05) is 30.3 Å². The number of ether oxygens (including phenoxy) is 1. The molecule has 1 amide bonds. The van der Waals surface area contributed by atoms with Crippen LogP contribution in [0, 0.1) is 10.1 Å². The Hall–Kier alpha value is -3.22. The molecule has 130 valence electrons. The molecule has 0 fully saturated rings. The Morgan fingerprint density at radius 1 is 1.04 bits per heavy atom. The summed E-state index contributed by atoms with van der Waals surface area (Å²) in [5.41, 5.74) is 1.23. The van der Waals surface area contributed by atoms with Crippen molar-refractivity contribution in [2.45, 2.75) is 12.8 Å². The molecule has 7 nitrogen and oxygen atoms in total. The number of esters is 1. The quantitative estimate of drug-likeness (QED) is 0.344. The molecule has 0 bridgehead atoms. The summed E-state index contributed by atoms with van der Waals surface area (Å²) in [5.74, 6) is -1.09. The lowest BCUT2D eigenvalue weighted by Crippen LogP contribution is -2.29. The van der Waals surface area contributed by atoms with E-state index < -0.39 is 10.9 Å². The Labute approximate surface area is 144 Å². The molecule has 2 aromatic rings. The smallest absolute Gasteiger partial charge is 0.338 e. The zero-order valence-corrected chi connectivity index (χ0v) is 13.5. The lowest BCUT2D eigenvalue weighted by molar-refractivity contribution is -0.384. The van der Waals surface area contributed by atoms with Crippen molar-refractivity contribution >= 4 is 17.6 Å². The highest BCUT2D eigenvalue weighted by Gasteiger charge is 2.12. The van der Waals surface area contributed by atoms with Gasteiger partial charge in [-0.2, -0.15) is 0 Å². The molecular formula is C18H18N2O5. The van der Waals surface area contributed by atoms with Crippen LogP contribution in [0.3, 0.4) is 0 Å². The molecule has 0 aliphatic rings. The molecule has 2 rings (SSSR count). The predicted octanol–water partition coefficient (Wildman–Crippen LogP) is 2.50. The summed E-state index contributed by atoms with van der Waals surface area (Å²) in [6, 6.07) is 14.9. The maximum absolute atomic E-state index is 11.8. The van der Waals surface area contributed by atoms with Gasteiger partial charge in [0.1, 0.15) is 0 Å². The van der Waals surface area contributed by atoms with E-state index in [1.165, 1.54) is 29.8 Å². The topological polar surface area (TPSA) is 98.5 Å². The van der Waals surface area contributed by atoms with Crippen LogP contribution in [0.1, 0.15) is 22.3 Å². The predicted molar refractivity (Wildman–Crippen MR) is 91.2 cm³/mol. The minimum Gasteiger partial charge on any atom is -0.452 e. The van der Waals surface area contributed by atoms with E-state index in [1.54, 1.807) is 0 Å². The molecule has 0 aliphatic carbocycles. The van der Waals surface area contributed by atoms with Gasteiger partial charge in [-0.1, -0.05) is 30.3 Å². The van der Waals surface area contributed by atoms with Gasteiger partial charge in [-0.25, -0.2) is 4.79 Å². The van der Waals surface area contributed by atoms with Crippen molar-refractivity contribution in [3.05, 3.63) is 75.8 Å². The largest absolute Gasteiger partial charge is 0.452 e. The van der Waals surface area contributed by atoms with Gasteiger partial charge in [-0.15, -0.1) is 0 Å². The van der Waals surface area contributed by atoms with E-state index in [-0.39, 0.29) is 23.8 Å². The van der Waals surface area contributed by atoms with Crippen molar-refractivity contribution in [2.75, 3.05) is 13.2 Å². The lowest BCUT2D eigenvalue weighted by atomic mass is 10.1. The maximum Gasteiger partial charge on any atom is 0.338 e. The van der Waals surface area contributed by atoms with Crippen LogP contribution in [0.15, 0.2) is 54.6 Å². The van der Waals surface area contributed by atoms with Gasteiger partial charge in [0.05, 0.1) is 10.5 Å². The summed E-state index contributed by atoms with van der Waals surface area (Å²) in [6.07, 6.45) is 1.63. The van der Waals surface area contributed by atoms with Crippen LogP contribution in [0.25, 0.3) is 0 Å². The van der Waals surface area contributed by atoms with Crippen molar-refractivity contribution in [1.29, 1.82) is 0 Å². The van der Waals surface area contributed by atoms with Gasteiger partial charge >= 0.3 is 5.97 Å². The highest BCUT2D eigenvalue weighted by molar-refractivity contribution is 5.91. The molecule has 0 unspecified atom stereocenters. The second-order valence-corrected chi connectivity index (χ2v) is 5.32. The fourth-order valence-corrected chi connectivity index (χ4v) is 2.15. The SMILES string of the molecule is O=C(COC(=O)c1ccc([N+](=O)[O-])cc1)NCCCc1ccccc1. The van der Waals surface area contributed by atoms with Crippen LogP contribution in [0.5, 0.6) is 0 Å². The number of rotatable bonds is 8. The number of amides is 1. The lowest BCUT2D eigenvalue weighted by Gasteiger charge is -2.07. The molecule has 7 heteroatoms. The Balaban J connectivity index is 1.67. The summed E-state index contributed by atoms with van der Waals surface area (Å²) in [5, 5.41) is 13.2. The van der Waals surface area contributed by atoms with Gasteiger partial charge < -0.3 is 10.1 Å². The zero-order valence-electron chi connectivity index (χ0n) is 13.5.